The van der Waals surface area contributed by atoms with E-state index in [4.69, 9.17) is 14.2 Å². The Bertz CT molecular complexity index is 854. The van der Waals surface area contributed by atoms with Crippen molar-refractivity contribution in [2.45, 2.75) is 271 Å². The van der Waals surface area contributed by atoms with Gasteiger partial charge < -0.3 is 14.2 Å². The van der Waals surface area contributed by atoms with Crippen LogP contribution in [0.1, 0.15) is 265 Å². The number of hydrogen-bond donors (Lipinski definition) is 0. The number of ether oxygens (including phenoxy) is 3. The summed E-state index contributed by atoms with van der Waals surface area (Å²) >= 11 is 0. The highest BCUT2D eigenvalue weighted by molar-refractivity contribution is 5.71. The molecule has 0 aliphatic rings. The molecule has 1 unspecified atom stereocenters. The van der Waals surface area contributed by atoms with Crippen LogP contribution in [0.2, 0.25) is 0 Å². The van der Waals surface area contributed by atoms with E-state index in [1.807, 2.05) is 0 Å². The molecule has 0 aromatic carbocycles. The van der Waals surface area contributed by atoms with E-state index in [1.165, 1.54) is 154 Å². The third-order valence-corrected chi connectivity index (χ3v) is 10.8. The van der Waals surface area contributed by atoms with Gasteiger partial charge in [-0.25, -0.2) is 0 Å². The summed E-state index contributed by atoms with van der Waals surface area (Å²) in [5, 5.41) is 0. The maximum atomic E-state index is 12.6. The predicted molar refractivity (Wildman–Crippen MR) is 233 cm³/mol. The molecule has 0 fully saturated rings. The van der Waals surface area contributed by atoms with Crippen molar-refractivity contribution in [3.63, 3.8) is 0 Å². The standard InChI is InChI=1S/C49H92O6/c1-4-7-10-13-15-17-19-20-21-22-23-24-25-26-27-28-30-31-33-36-39-42-48(51)54-45-46(44-53-47(50)41-38-35-12-9-6-3)55-49(52)43-40-37-34-32-29-18-16-14-11-8-5-2/h14,16,46H,4-13,15,17-45H2,1-3H3/b16-14-. The van der Waals surface area contributed by atoms with E-state index < -0.39 is 6.10 Å². The molecule has 0 radical (unpaired) electrons. The van der Waals surface area contributed by atoms with Crippen LogP contribution in [0.4, 0.5) is 0 Å². The summed E-state index contributed by atoms with van der Waals surface area (Å²) in [7, 11) is 0. The normalized spacial score (nSPS) is 12.0. The molecule has 6 nitrogen and oxygen atoms in total. The van der Waals surface area contributed by atoms with E-state index >= 15 is 0 Å². The van der Waals surface area contributed by atoms with Crippen molar-refractivity contribution in [3.8, 4) is 0 Å². The van der Waals surface area contributed by atoms with E-state index in [1.54, 1.807) is 0 Å². The summed E-state index contributed by atoms with van der Waals surface area (Å²) in [5.74, 6) is -0.884. The van der Waals surface area contributed by atoms with Gasteiger partial charge in [-0.05, 0) is 38.5 Å². The van der Waals surface area contributed by atoms with Gasteiger partial charge in [0.05, 0.1) is 0 Å². The Labute approximate surface area is 341 Å². The van der Waals surface area contributed by atoms with Gasteiger partial charge in [0.2, 0.25) is 0 Å². The summed E-state index contributed by atoms with van der Waals surface area (Å²) in [6.07, 6.45) is 48.1. The van der Waals surface area contributed by atoms with E-state index in [0.717, 1.165) is 70.6 Å². The Kier molecular flexibility index (Phi) is 43.4. The topological polar surface area (TPSA) is 78.9 Å². The lowest BCUT2D eigenvalue weighted by atomic mass is 10.0. The summed E-state index contributed by atoms with van der Waals surface area (Å²) < 4.78 is 16.6. The minimum Gasteiger partial charge on any atom is -0.462 e. The van der Waals surface area contributed by atoms with E-state index in [9.17, 15) is 14.4 Å². The third-order valence-electron chi connectivity index (χ3n) is 10.8. The van der Waals surface area contributed by atoms with Gasteiger partial charge in [0.1, 0.15) is 13.2 Å². The molecule has 0 N–H and O–H groups in total. The van der Waals surface area contributed by atoms with E-state index in [0.29, 0.717) is 19.3 Å². The van der Waals surface area contributed by atoms with Crippen molar-refractivity contribution in [2.75, 3.05) is 13.2 Å². The van der Waals surface area contributed by atoms with Gasteiger partial charge in [0.25, 0.3) is 0 Å². The van der Waals surface area contributed by atoms with Gasteiger partial charge in [-0.2, -0.15) is 0 Å². The second kappa shape index (κ2) is 44.9. The number of carbonyl (C=O) groups is 3. The van der Waals surface area contributed by atoms with Gasteiger partial charge in [-0.3, -0.25) is 14.4 Å². The number of allylic oxidation sites excluding steroid dienone is 2. The largest absolute Gasteiger partial charge is 0.462 e. The average molecular weight is 777 g/mol. The molecule has 6 heteroatoms. The van der Waals surface area contributed by atoms with Gasteiger partial charge in [-0.1, -0.05) is 219 Å². The molecule has 1 atom stereocenters. The fourth-order valence-corrected chi connectivity index (χ4v) is 7.07. The van der Waals surface area contributed by atoms with Crippen molar-refractivity contribution in [1.29, 1.82) is 0 Å². The van der Waals surface area contributed by atoms with Crippen LogP contribution >= 0.6 is 0 Å². The molecule has 324 valence electrons. The van der Waals surface area contributed by atoms with Crippen molar-refractivity contribution in [3.05, 3.63) is 12.2 Å². The zero-order valence-electron chi connectivity index (χ0n) is 37.0. The third kappa shape index (κ3) is 43.1. The highest BCUT2D eigenvalue weighted by Crippen LogP contribution is 2.16. The Morgan fingerprint density at radius 1 is 0.345 bits per heavy atom. The lowest BCUT2D eigenvalue weighted by molar-refractivity contribution is -0.167. The maximum Gasteiger partial charge on any atom is 0.306 e. The first-order valence-electron chi connectivity index (χ1n) is 24.2. The smallest absolute Gasteiger partial charge is 0.306 e. The molecular weight excluding hydrogens is 685 g/mol. The second-order valence-electron chi connectivity index (χ2n) is 16.4. The molecule has 0 saturated heterocycles. The minimum atomic E-state index is -0.764. The zero-order chi connectivity index (χ0) is 40.1. The monoisotopic (exact) mass is 777 g/mol. The van der Waals surface area contributed by atoms with Crippen molar-refractivity contribution >= 4 is 17.9 Å². The van der Waals surface area contributed by atoms with Crippen LogP contribution < -0.4 is 0 Å². The number of rotatable bonds is 44. The first-order chi connectivity index (χ1) is 27.0. The Morgan fingerprint density at radius 2 is 0.618 bits per heavy atom. The zero-order valence-corrected chi connectivity index (χ0v) is 37.0. The van der Waals surface area contributed by atoms with Crippen molar-refractivity contribution < 1.29 is 28.6 Å². The van der Waals surface area contributed by atoms with Gasteiger partial charge in [-0.15, -0.1) is 0 Å². The van der Waals surface area contributed by atoms with Crippen LogP contribution in [-0.4, -0.2) is 37.2 Å². The lowest BCUT2D eigenvalue weighted by Gasteiger charge is -2.18. The van der Waals surface area contributed by atoms with Crippen molar-refractivity contribution in [1.82, 2.24) is 0 Å². The molecule has 0 aromatic rings. The van der Waals surface area contributed by atoms with E-state index in [-0.39, 0.29) is 31.1 Å². The molecule has 0 aromatic heterocycles. The molecule has 0 saturated carbocycles. The highest BCUT2D eigenvalue weighted by Gasteiger charge is 2.19. The molecule has 0 rings (SSSR count). The summed E-state index contributed by atoms with van der Waals surface area (Å²) in [5.41, 5.74) is 0. The van der Waals surface area contributed by atoms with Gasteiger partial charge >= 0.3 is 17.9 Å². The number of unbranched alkanes of at least 4 members (excludes halogenated alkanes) is 31. The van der Waals surface area contributed by atoms with Crippen LogP contribution in [-0.2, 0) is 28.6 Å². The molecule has 0 heterocycles. The number of hydrogen-bond acceptors (Lipinski definition) is 6. The maximum absolute atomic E-state index is 12.6. The first kappa shape index (κ1) is 53.1. The average Bonchev–Trinajstić information content (AvgIpc) is 3.18. The first-order valence-corrected chi connectivity index (χ1v) is 24.2. The number of carbonyl (C=O) groups excluding carboxylic acids is 3. The molecule has 0 bridgehead atoms. The van der Waals surface area contributed by atoms with Gasteiger partial charge in [0, 0.05) is 19.3 Å². The Balaban J connectivity index is 4.06. The van der Waals surface area contributed by atoms with E-state index in [2.05, 4.69) is 32.9 Å². The molecule has 0 spiro atoms. The van der Waals surface area contributed by atoms with Crippen LogP contribution in [0.25, 0.3) is 0 Å². The van der Waals surface area contributed by atoms with Crippen molar-refractivity contribution in [2.24, 2.45) is 0 Å². The van der Waals surface area contributed by atoms with Crippen LogP contribution in [0, 0.1) is 0 Å². The Morgan fingerprint density at radius 3 is 0.964 bits per heavy atom. The molecular formula is C49H92O6. The summed E-state index contributed by atoms with van der Waals surface area (Å²) in [6, 6.07) is 0. The quantitative estimate of drug-likeness (QED) is 0.0265. The fraction of sp³-hybridized carbons (Fsp3) is 0.898. The van der Waals surface area contributed by atoms with Crippen LogP contribution in [0.3, 0.4) is 0 Å². The molecule has 55 heavy (non-hydrogen) atoms. The SMILES string of the molecule is CCCC/C=C\CCCCCCCC(=O)OC(COC(=O)CCCCCCC)COC(=O)CCCCCCCCCCCCCCCCCCCCCCC. The summed E-state index contributed by atoms with van der Waals surface area (Å²) in [6.45, 7) is 6.53. The lowest BCUT2D eigenvalue weighted by Crippen LogP contribution is -2.30. The molecule has 0 amide bonds. The Hall–Kier alpha value is -1.85. The van der Waals surface area contributed by atoms with Crippen LogP contribution in [0.15, 0.2) is 12.2 Å². The molecule has 0 aliphatic carbocycles. The predicted octanol–water partition coefficient (Wildman–Crippen LogP) is 15.4. The number of esters is 3. The molecule has 0 aliphatic heterocycles. The highest BCUT2D eigenvalue weighted by atomic mass is 16.6. The fourth-order valence-electron chi connectivity index (χ4n) is 7.07. The minimum absolute atomic E-state index is 0.0701. The van der Waals surface area contributed by atoms with Gasteiger partial charge in [0.15, 0.2) is 6.10 Å². The van der Waals surface area contributed by atoms with Crippen LogP contribution in [0.5, 0.6) is 0 Å². The summed E-state index contributed by atoms with van der Waals surface area (Å²) in [4.78, 5) is 37.5. The second-order valence-corrected chi connectivity index (χ2v) is 16.4.